The van der Waals surface area contributed by atoms with Crippen molar-refractivity contribution in [2.45, 2.75) is 45.6 Å². The molecule has 0 atom stereocenters. The molecule has 3 heteroatoms. The summed E-state index contributed by atoms with van der Waals surface area (Å²) in [7, 11) is 0. The lowest BCUT2D eigenvalue weighted by Gasteiger charge is -2.34. The molecule has 3 nitrogen and oxygen atoms in total. The van der Waals surface area contributed by atoms with Gasteiger partial charge in [-0.25, -0.2) is 0 Å². The summed E-state index contributed by atoms with van der Waals surface area (Å²) in [4.78, 5) is 24.7. The van der Waals surface area contributed by atoms with Crippen molar-refractivity contribution >= 4 is 12.1 Å². The van der Waals surface area contributed by atoms with Gasteiger partial charge >= 0.3 is 0 Å². The van der Waals surface area contributed by atoms with E-state index in [4.69, 9.17) is 4.74 Å². The molecule has 2 aromatic carbocycles. The maximum Gasteiger partial charge on any atom is 0.171 e. The van der Waals surface area contributed by atoms with Crippen LogP contribution < -0.4 is 4.74 Å². The Morgan fingerprint density at radius 2 is 1.79 bits per heavy atom. The highest BCUT2D eigenvalue weighted by molar-refractivity contribution is 6.10. The van der Waals surface area contributed by atoms with Crippen molar-refractivity contribution in [1.82, 2.24) is 0 Å². The minimum absolute atomic E-state index is 0.0264. The number of carbonyl (C=O) groups excluding carboxylic acids is 2. The lowest BCUT2D eigenvalue weighted by Crippen LogP contribution is -2.36. The van der Waals surface area contributed by atoms with Gasteiger partial charge in [-0.1, -0.05) is 44.2 Å². The highest BCUT2D eigenvalue weighted by Crippen LogP contribution is 2.43. The van der Waals surface area contributed by atoms with Crippen LogP contribution in [-0.4, -0.2) is 17.7 Å². The minimum Gasteiger partial charge on any atom is -0.487 e. The molecule has 0 unspecified atom stereocenters. The SMILES string of the molecule is CC(C)c1cc2c(c(-c3ccccc3)c1C=O)C(=O)CC(C)(C)O2. The Kier molecular flexibility index (Phi) is 4.04. The first-order valence-electron chi connectivity index (χ1n) is 8.28. The Hall–Kier alpha value is -2.42. The van der Waals surface area contributed by atoms with Gasteiger partial charge < -0.3 is 4.74 Å². The minimum atomic E-state index is -0.533. The molecule has 0 radical (unpaired) electrons. The van der Waals surface area contributed by atoms with Crippen LogP contribution in [0.15, 0.2) is 36.4 Å². The lowest BCUT2D eigenvalue weighted by atomic mass is 9.82. The molecular formula is C21H22O3. The van der Waals surface area contributed by atoms with Crippen LogP contribution in [0, 0.1) is 0 Å². The van der Waals surface area contributed by atoms with E-state index in [1.165, 1.54) is 0 Å². The van der Waals surface area contributed by atoms with Crippen molar-refractivity contribution < 1.29 is 14.3 Å². The third-order valence-electron chi connectivity index (χ3n) is 4.42. The van der Waals surface area contributed by atoms with E-state index in [1.807, 2.05) is 64.1 Å². The Morgan fingerprint density at radius 3 is 2.38 bits per heavy atom. The summed E-state index contributed by atoms with van der Waals surface area (Å²) in [6.07, 6.45) is 1.17. The number of carbonyl (C=O) groups is 2. The largest absolute Gasteiger partial charge is 0.487 e. The smallest absolute Gasteiger partial charge is 0.171 e. The van der Waals surface area contributed by atoms with Crippen LogP contribution in [0.2, 0.25) is 0 Å². The van der Waals surface area contributed by atoms with Crippen LogP contribution in [-0.2, 0) is 0 Å². The Morgan fingerprint density at radius 1 is 1.12 bits per heavy atom. The van der Waals surface area contributed by atoms with Crippen molar-refractivity contribution in [2.75, 3.05) is 0 Å². The van der Waals surface area contributed by atoms with Crippen molar-refractivity contribution in [3.63, 3.8) is 0 Å². The Labute approximate surface area is 142 Å². The van der Waals surface area contributed by atoms with Crippen molar-refractivity contribution in [1.29, 1.82) is 0 Å². The average molecular weight is 322 g/mol. The van der Waals surface area contributed by atoms with Gasteiger partial charge in [0.15, 0.2) is 12.1 Å². The fourth-order valence-corrected chi connectivity index (χ4v) is 3.37. The Bertz CT molecular complexity index is 802. The molecule has 0 spiro atoms. The third-order valence-corrected chi connectivity index (χ3v) is 4.42. The Balaban J connectivity index is 2.39. The second kappa shape index (κ2) is 5.90. The predicted molar refractivity (Wildman–Crippen MR) is 95.0 cm³/mol. The van der Waals surface area contributed by atoms with E-state index in [-0.39, 0.29) is 11.7 Å². The molecule has 0 N–H and O–H groups in total. The molecule has 0 saturated carbocycles. The lowest BCUT2D eigenvalue weighted by molar-refractivity contribution is 0.0621. The van der Waals surface area contributed by atoms with Gasteiger partial charge in [-0.15, -0.1) is 0 Å². The molecule has 0 bridgehead atoms. The van der Waals surface area contributed by atoms with Gasteiger partial charge in [-0.2, -0.15) is 0 Å². The van der Waals surface area contributed by atoms with Gasteiger partial charge in [-0.05, 0) is 37.0 Å². The number of ketones is 1. The van der Waals surface area contributed by atoms with E-state index in [0.29, 0.717) is 28.9 Å². The first-order chi connectivity index (χ1) is 11.3. The normalized spacial score (nSPS) is 15.8. The van der Waals surface area contributed by atoms with E-state index in [9.17, 15) is 9.59 Å². The highest BCUT2D eigenvalue weighted by Gasteiger charge is 2.36. The van der Waals surface area contributed by atoms with E-state index in [0.717, 1.165) is 17.4 Å². The topological polar surface area (TPSA) is 43.4 Å². The number of hydrogen-bond donors (Lipinski definition) is 0. The maximum atomic E-state index is 12.8. The zero-order valence-electron chi connectivity index (χ0n) is 14.6. The van der Waals surface area contributed by atoms with Crippen molar-refractivity contribution in [3.05, 3.63) is 53.1 Å². The number of hydrogen-bond acceptors (Lipinski definition) is 3. The molecule has 1 heterocycles. The molecule has 2 aromatic rings. The molecule has 0 fully saturated rings. The maximum absolute atomic E-state index is 12.8. The second-order valence-corrected chi connectivity index (χ2v) is 7.23. The number of Topliss-reactive ketones (excluding diaryl/α,β-unsaturated/α-hetero) is 1. The number of benzene rings is 2. The number of aldehydes is 1. The molecule has 124 valence electrons. The van der Waals surface area contributed by atoms with Gasteiger partial charge in [0.25, 0.3) is 0 Å². The quantitative estimate of drug-likeness (QED) is 0.744. The summed E-state index contributed by atoms with van der Waals surface area (Å²) in [5, 5.41) is 0. The zero-order valence-corrected chi connectivity index (χ0v) is 14.6. The zero-order chi connectivity index (χ0) is 17.5. The first kappa shape index (κ1) is 16.4. The molecule has 1 aliphatic rings. The van der Waals surface area contributed by atoms with Gasteiger partial charge in [-0.3, -0.25) is 9.59 Å². The third kappa shape index (κ3) is 2.75. The molecule has 0 aromatic heterocycles. The molecular weight excluding hydrogens is 300 g/mol. The molecule has 0 amide bonds. The van der Waals surface area contributed by atoms with E-state index >= 15 is 0 Å². The fraction of sp³-hybridized carbons (Fsp3) is 0.333. The van der Waals surface area contributed by atoms with Crippen LogP contribution >= 0.6 is 0 Å². The van der Waals surface area contributed by atoms with Crippen LogP contribution in [0.4, 0.5) is 0 Å². The average Bonchev–Trinajstić information content (AvgIpc) is 2.52. The number of rotatable bonds is 3. The summed E-state index contributed by atoms with van der Waals surface area (Å²) in [6, 6.07) is 11.5. The second-order valence-electron chi connectivity index (χ2n) is 7.23. The standard InChI is InChI=1S/C21H22O3/c1-13(2)15-10-18-20(17(23)11-21(3,4)24-18)19(16(15)12-22)14-8-6-5-7-9-14/h5-10,12-13H,11H2,1-4H3. The van der Waals surface area contributed by atoms with Gasteiger partial charge in [0.2, 0.25) is 0 Å². The summed E-state index contributed by atoms with van der Waals surface area (Å²) in [6.45, 7) is 7.91. The summed E-state index contributed by atoms with van der Waals surface area (Å²) in [5.41, 5.74) is 3.07. The van der Waals surface area contributed by atoms with Crippen LogP contribution in [0.5, 0.6) is 5.75 Å². The fourth-order valence-electron chi connectivity index (χ4n) is 3.37. The van der Waals surface area contributed by atoms with Crippen LogP contribution in [0.3, 0.4) is 0 Å². The van der Waals surface area contributed by atoms with Gasteiger partial charge in [0.05, 0.1) is 12.0 Å². The molecule has 0 saturated heterocycles. The van der Waals surface area contributed by atoms with E-state index < -0.39 is 5.60 Å². The van der Waals surface area contributed by atoms with Gasteiger partial charge in [0.1, 0.15) is 11.4 Å². The summed E-state index contributed by atoms with van der Waals surface area (Å²) >= 11 is 0. The molecule has 1 aliphatic heterocycles. The molecule has 0 aliphatic carbocycles. The summed E-state index contributed by atoms with van der Waals surface area (Å²) in [5.74, 6) is 0.768. The highest BCUT2D eigenvalue weighted by atomic mass is 16.5. The molecule has 24 heavy (non-hydrogen) atoms. The number of fused-ring (bicyclic) bond motifs is 1. The van der Waals surface area contributed by atoms with Gasteiger partial charge in [0, 0.05) is 11.1 Å². The summed E-state index contributed by atoms with van der Waals surface area (Å²) < 4.78 is 6.11. The molecule has 3 rings (SSSR count). The van der Waals surface area contributed by atoms with Crippen LogP contribution in [0.1, 0.15) is 66.3 Å². The number of ether oxygens (including phenoxy) is 1. The van der Waals surface area contributed by atoms with Crippen LogP contribution in [0.25, 0.3) is 11.1 Å². The predicted octanol–water partition coefficient (Wildman–Crippen LogP) is 5.03. The van der Waals surface area contributed by atoms with Crippen molar-refractivity contribution in [3.8, 4) is 16.9 Å². The van der Waals surface area contributed by atoms with Crippen molar-refractivity contribution in [2.24, 2.45) is 0 Å². The monoisotopic (exact) mass is 322 g/mol. The first-order valence-corrected chi connectivity index (χ1v) is 8.28. The van der Waals surface area contributed by atoms with E-state index in [1.54, 1.807) is 0 Å². The van der Waals surface area contributed by atoms with E-state index in [2.05, 4.69) is 0 Å².